The lowest BCUT2D eigenvalue weighted by Crippen LogP contribution is -2.66. The molecule has 740 valence electrons. The van der Waals surface area contributed by atoms with Gasteiger partial charge in [0.2, 0.25) is 0 Å². The van der Waals surface area contributed by atoms with E-state index in [1.54, 1.807) is 0 Å². The Bertz CT molecular complexity index is 4540. The molecule has 0 N–H and O–H groups in total. The Balaban J connectivity index is 0.711. The Morgan fingerprint density at radius 2 is 0.449 bits per heavy atom. The van der Waals surface area contributed by atoms with Crippen LogP contribution in [-0.4, -0.2) is 129 Å². The molecule has 3 heterocycles. The van der Waals surface area contributed by atoms with Gasteiger partial charge in [0.25, 0.3) is 16.6 Å². The molecule has 3 aliphatic rings. The van der Waals surface area contributed by atoms with Crippen LogP contribution in [0.3, 0.4) is 0 Å². The maximum atomic E-state index is 15.5. The lowest BCUT2D eigenvalue weighted by molar-refractivity contribution is -0.338. The second-order valence-electron chi connectivity index (χ2n) is 40.0. The number of carbonyl (C=O) groups excluding carboxylic acids is 2. The van der Waals surface area contributed by atoms with Gasteiger partial charge in [-0.2, -0.15) is 0 Å². The Hall–Kier alpha value is -8.91. The van der Waals surface area contributed by atoms with E-state index in [9.17, 15) is 0 Å². The number of esters is 2. The molecule has 3 aliphatic heterocycles. The summed E-state index contributed by atoms with van der Waals surface area (Å²) in [5.41, 5.74) is 5.59. The predicted molar refractivity (Wildman–Crippen MR) is 556 cm³/mol. The summed E-state index contributed by atoms with van der Waals surface area (Å²) >= 11 is 0. The zero-order valence-corrected chi connectivity index (χ0v) is 85.2. The van der Waals surface area contributed by atoms with E-state index in [1.165, 1.54) is 85.0 Å². The van der Waals surface area contributed by atoms with Gasteiger partial charge in [-0.1, -0.05) is 486 Å². The molecule has 10 aromatic rings. The van der Waals surface area contributed by atoms with Gasteiger partial charge in [0, 0.05) is 13.2 Å². The van der Waals surface area contributed by atoms with Crippen LogP contribution in [0.15, 0.2) is 303 Å². The monoisotopic (exact) mass is 1910 g/mol. The fourth-order valence-corrected chi connectivity index (χ4v) is 29.3. The van der Waals surface area contributed by atoms with Crippen LogP contribution in [0.25, 0.3) is 0 Å². The summed E-state index contributed by atoms with van der Waals surface area (Å²) in [5.74, 6) is -1.00. The first kappa shape index (κ1) is 106. The second kappa shape index (κ2) is 57.9. The number of fused-ring (bicyclic) bond motifs is 4. The molecular weight excluding hydrogens is 1750 g/mol. The average molecular weight is 1910 g/mol. The minimum atomic E-state index is -2.56. The average Bonchev–Trinajstić information content (AvgIpc) is 0.746. The maximum absolute atomic E-state index is 15.5. The molecule has 13 rings (SSSR count). The van der Waals surface area contributed by atoms with Crippen molar-refractivity contribution in [1.29, 1.82) is 0 Å². The van der Waals surface area contributed by atoms with Gasteiger partial charge in [-0.05, 0) is 89.9 Å². The second-order valence-corrected chi connectivity index (χ2v) is 48.6. The fourth-order valence-electron chi connectivity index (χ4n) is 20.1. The molecule has 12 atom stereocenters. The quantitative estimate of drug-likeness (QED) is 0.0201. The number of hydrogen-bond donors (Lipinski definition) is 0. The molecule has 138 heavy (non-hydrogen) atoms. The van der Waals surface area contributed by atoms with E-state index in [1.807, 2.05) is 182 Å². The Kier molecular flexibility index (Phi) is 44.6. The van der Waals surface area contributed by atoms with Crippen molar-refractivity contribution >= 4 is 49.3 Å². The van der Waals surface area contributed by atoms with Crippen molar-refractivity contribution in [3.05, 3.63) is 337 Å². The molecule has 3 fully saturated rings. The van der Waals surface area contributed by atoms with Crippen molar-refractivity contribution in [3.63, 3.8) is 0 Å². The minimum absolute atomic E-state index is 0.0433. The molecular formula is C120H156O16Si2. The summed E-state index contributed by atoms with van der Waals surface area (Å²) in [5, 5.41) is 5.21. The molecule has 0 unspecified atom stereocenters. The Morgan fingerprint density at radius 1 is 0.246 bits per heavy atom. The van der Waals surface area contributed by atoms with Crippen molar-refractivity contribution in [2.24, 2.45) is 0 Å². The van der Waals surface area contributed by atoms with E-state index >= 15 is 9.59 Å². The molecule has 4 bridgehead atoms. The van der Waals surface area contributed by atoms with Crippen LogP contribution in [0.5, 0.6) is 0 Å². The van der Waals surface area contributed by atoms with Gasteiger partial charge >= 0.3 is 11.9 Å². The lowest BCUT2D eigenvalue weighted by Gasteiger charge is -2.47. The van der Waals surface area contributed by atoms with E-state index in [2.05, 4.69) is 163 Å². The molecule has 0 aromatic heterocycles. The van der Waals surface area contributed by atoms with Crippen LogP contribution in [0, 0.1) is 0 Å². The molecule has 0 radical (unpaired) electrons. The van der Waals surface area contributed by atoms with Crippen LogP contribution in [0.2, 0.25) is 10.1 Å². The summed E-state index contributed by atoms with van der Waals surface area (Å²) in [7, 11) is -5.13. The zero-order valence-electron chi connectivity index (χ0n) is 83.2. The number of hydrogen-bond acceptors (Lipinski definition) is 16. The Morgan fingerprint density at radius 3 is 0.681 bits per heavy atom. The Labute approximate surface area is 827 Å². The summed E-state index contributed by atoms with van der Waals surface area (Å²) in [4.78, 5) is 30.9. The van der Waals surface area contributed by atoms with E-state index in [4.69, 9.17) is 65.7 Å². The topological polar surface area (TPSA) is 163 Å². The standard InChI is InChI=1S/C120H156O16Si2/c1-119(2,3)137(103-75-51-33-52-76-103,104-77-53-34-54-78-104)131-83-59-25-21-17-13-9-7-11-15-19-23-49-73-101-85-109(121)123-93-108-112(126-88-96-63-39-28-40-64-96)114(128-90-98-67-43-30-44-68-98)116(130-92-100-71-47-32-48-72-100)118(136-108)134-102(74-50-24-20-16-12-8-10-14-18-22-26-60-84-132-138(120(4,5)6,105-79-55-35-56-80-105)106-81-57-36-58-82-106)86-110(122)124-94-107-111(125-87-95-61-37-27-38-62-95)113(127-89-97-65-41-29-42-66-97)115(117(133-101)135-107)129-91-99-69-45-31-46-70-99/h27-48,51-58,61-72,75-82,101-102,107-108,111-118H,7-26,49-50,59-60,73-74,83-94H2,1-6H3/t101-,102-,107-,108-,111-,112-,113+,114+,115-,116-,117-,118-/m1/s1. The van der Waals surface area contributed by atoms with Crippen molar-refractivity contribution in [2.75, 3.05) is 26.4 Å². The number of ether oxygens (including phenoxy) is 12. The minimum Gasteiger partial charge on any atom is -0.463 e. The third-order valence-corrected chi connectivity index (χ3v) is 37.5. The first-order chi connectivity index (χ1) is 67.6. The number of benzene rings is 10. The molecule has 18 heteroatoms. The summed E-state index contributed by atoms with van der Waals surface area (Å²) < 4.78 is 100. The number of carbonyl (C=O) groups is 2. The lowest BCUT2D eigenvalue weighted by atomic mass is 9.97. The van der Waals surface area contributed by atoms with Gasteiger partial charge in [0.1, 0.15) is 62.0 Å². The van der Waals surface area contributed by atoms with Crippen LogP contribution in [-0.2, 0) is 115 Å². The molecule has 0 spiro atoms. The fraction of sp³-hybridized carbons (Fsp3) is 0.483. The summed E-state index contributed by atoms with van der Waals surface area (Å²) in [6.07, 6.45) is 15.9. The van der Waals surface area contributed by atoms with E-state index in [0.717, 1.165) is 136 Å². The van der Waals surface area contributed by atoms with Gasteiger partial charge in [-0.25, -0.2) is 0 Å². The van der Waals surface area contributed by atoms with Crippen LogP contribution < -0.4 is 20.7 Å². The van der Waals surface area contributed by atoms with Crippen molar-refractivity contribution in [1.82, 2.24) is 0 Å². The van der Waals surface area contributed by atoms with Crippen molar-refractivity contribution in [3.8, 4) is 0 Å². The maximum Gasteiger partial charge on any atom is 0.308 e. The predicted octanol–water partition coefficient (Wildman–Crippen LogP) is 24.9. The van der Waals surface area contributed by atoms with Crippen LogP contribution in [0.4, 0.5) is 0 Å². The summed E-state index contributed by atoms with van der Waals surface area (Å²) in [6.45, 7) is 16.2. The van der Waals surface area contributed by atoms with Gasteiger partial charge in [-0.15, -0.1) is 0 Å². The SMILES string of the molecule is CC(C)(C)[Si](OCCCCCCCCCCCCCC[C@@H]1CC(=O)OC[C@H]2O[C@@H](O[C@H](CCCCCCCCCCCCCCO[Si](c3ccccc3)(c3ccccc3)C(C)(C)C)CC(=O)OC[C@H]3O[C@@H](O1)[C@H](OCc1ccccc1)[C@@H](OCc1ccccc1)[C@@H]3OCc1ccccc1)[C@H](OCc1ccccc1)[C@@H](OCc1ccccc1)[C@@H]2OCc1ccccc1)(c1ccccc1)c1ccccc1. The highest BCUT2D eigenvalue weighted by atomic mass is 28.4. The zero-order chi connectivity index (χ0) is 96.0. The van der Waals surface area contributed by atoms with Crippen LogP contribution >= 0.6 is 0 Å². The molecule has 0 saturated carbocycles. The largest absolute Gasteiger partial charge is 0.463 e. The van der Waals surface area contributed by atoms with Crippen LogP contribution in [0.1, 0.15) is 255 Å². The van der Waals surface area contributed by atoms with Gasteiger partial charge in [-0.3, -0.25) is 9.59 Å². The molecule has 0 aliphatic carbocycles. The van der Waals surface area contributed by atoms with E-state index < -0.39 is 102 Å². The van der Waals surface area contributed by atoms with E-state index in [0.29, 0.717) is 12.8 Å². The number of cyclic esters (lactones) is 2. The van der Waals surface area contributed by atoms with Crippen molar-refractivity contribution < 1.29 is 75.3 Å². The smallest absolute Gasteiger partial charge is 0.308 e. The molecule has 0 amide bonds. The molecule has 16 nitrogen and oxygen atoms in total. The highest BCUT2D eigenvalue weighted by molar-refractivity contribution is 7.00. The highest BCUT2D eigenvalue weighted by Gasteiger charge is 2.55. The van der Waals surface area contributed by atoms with Gasteiger partial charge in [0.15, 0.2) is 12.6 Å². The normalized spacial score (nSPS) is 20.9. The number of rotatable bonds is 54. The third-order valence-electron chi connectivity index (χ3n) is 27.5. The first-order valence-electron chi connectivity index (χ1n) is 52.0. The number of unbranched alkanes of at least 4 members (excludes halogenated alkanes) is 22. The molecule has 10 aromatic carbocycles. The third kappa shape index (κ3) is 33.1. The van der Waals surface area contributed by atoms with E-state index in [-0.39, 0.29) is 75.8 Å². The highest BCUT2D eigenvalue weighted by Crippen LogP contribution is 2.41. The van der Waals surface area contributed by atoms with Gasteiger partial charge in [0.05, 0.1) is 64.7 Å². The first-order valence-corrected chi connectivity index (χ1v) is 55.8. The van der Waals surface area contributed by atoms with Gasteiger partial charge < -0.3 is 65.7 Å². The summed E-state index contributed by atoms with van der Waals surface area (Å²) in [6, 6.07) is 104. The molecule has 3 saturated heterocycles. The van der Waals surface area contributed by atoms with Crippen molar-refractivity contribution in [2.45, 2.75) is 345 Å².